The number of fused-ring (bicyclic) bond motifs is 1. The summed E-state index contributed by atoms with van der Waals surface area (Å²) in [6, 6.07) is 13.9. The molecule has 2 aromatic carbocycles. The van der Waals surface area contributed by atoms with Gasteiger partial charge in [-0.15, -0.1) is 11.6 Å². The van der Waals surface area contributed by atoms with Crippen molar-refractivity contribution in [3.8, 4) is 0 Å². The second kappa shape index (κ2) is 4.50. The molecule has 1 aliphatic heterocycles. The maximum Gasteiger partial charge on any atom is 0.407 e. The largest absolute Gasteiger partial charge is 0.447 e. The molecule has 0 unspecified atom stereocenters. The van der Waals surface area contributed by atoms with Gasteiger partial charge in [-0.3, -0.25) is 0 Å². The standard InChI is InChI=1S/C14H12ClNO2/c15-13(12-8-18-14(17)16-12)11-7-3-5-9-4-1-2-6-10(9)11/h1-7,12-13H,8H2,(H,16,17)/t12-,13+/m1/s1. The fraction of sp³-hybridized carbons (Fsp3) is 0.214. The van der Waals surface area contributed by atoms with Gasteiger partial charge in [-0.2, -0.15) is 0 Å². The van der Waals surface area contributed by atoms with E-state index in [9.17, 15) is 4.79 Å². The first-order valence-corrected chi connectivity index (χ1v) is 6.24. The van der Waals surface area contributed by atoms with Gasteiger partial charge >= 0.3 is 6.09 Å². The number of rotatable bonds is 2. The van der Waals surface area contributed by atoms with E-state index in [1.807, 2.05) is 42.5 Å². The third-order valence-electron chi connectivity index (χ3n) is 3.17. The molecule has 1 saturated heterocycles. The maximum absolute atomic E-state index is 11.1. The van der Waals surface area contributed by atoms with E-state index < -0.39 is 6.09 Å². The van der Waals surface area contributed by atoms with Crippen LogP contribution in [-0.4, -0.2) is 18.7 Å². The predicted octanol–water partition coefficient (Wildman–Crippen LogP) is 3.23. The Kier molecular flexibility index (Phi) is 2.84. The summed E-state index contributed by atoms with van der Waals surface area (Å²) < 4.78 is 4.89. The number of carbonyl (C=O) groups is 1. The molecule has 1 N–H and O–H groups in total. The molecule has 1 heterocycles. The number of alkyl carbamates (subject to hydrolysis) is 1. The number of hydrogen-bond donors (Lipinski definition) is 1. The average Bonchev–Trinajstić information content (AvgIpc) is 2.84. The van der Waals surface area contributed by atoms with Crippen molar-refractivity contribution in [2.75, 3.05) is 6.61 Å². The predicted molar refractivity (Wildman–Crippen MR) is 70.8 cm³/mol. The van der Waals surface area contributed by atoms with Gasteiger partial charge in [-0.25, -0.2) is 4.79 Å². The lowest BCUT2D eigenvalue weighted by molar-refractivity contribution is 0.176. The Hall–Kier alpha value is -1.74. The third-order valence-corrected chi connectivity index (χ3v) is 3.71. The molecule has 4 heteroatoms. The van der Waals surface area contributed by atoms with Crippen LogP contribution in [0.15, 0.2) is 42.5 Å². The van der Waals surface area contributed by atoms with E-state index in [-0.39, 0.29) is 11.4 Å². The zero-order valence-corrected chi connectivity index (χ0v) is 10.4. The molecule has 0 aromatic heterocycles. The topological polar surface area (TPSA) is 38.3 Å². The Morgan fingerprint density at radius 1 is 1.22 bits per heavy atom. The Balaban J connectivity index is 2.01. The minimum atomic E-state index is -0.397. The molecule has 0 radical (unpaired) electrons. The molecule has 1 fully saturated rings. The highest BCUT2D eigenvalue weighted by atomic mass is 35.5. The van der Waals surface area contributed by atoms with Gasteiger partial charge < -0.3 is 10.1 Å². The van der Waals surface area contributed by atoms with E-state index in [1.54, 1.807) is 0 Å². The quantitative estimate of drug-likeness (QED) is 0.843. The number of alkyl halides is 1. The van der Waals surface area contributed by atoms with Gasteiger partial charge in [0.2, 0.25) is 0 Å². The van der Waals surface area contributed by atoms with Crippen LogP contribution in [0, 0.1) is 0 Å². The van der Waals surface area contributed by atoms with Gasteiger partial charge in [0.05, 0.1) is 11.4 Å². The fourth-order valence-corrected chi connectivity index (χ4v) is 2.59. The molecule has 3 nitrogen and oxygen atoms in total. The Labute approximate surface area is 110 Å². The molecule has 0 saturated carbocycles. The van der Waals surface area contributed by atoms with Crippen LogP contribution in [0.25, 0.3) is 10.8 Å². The van der Waals surface area contributed by atoms with Gasteiger partial charge in [0.15, 0.2) is 0 Å². The fourth-order valence-electron chi connectivity index (χ4n) is 2.27. The molecule has 2 atom stereocenters. The highest BCUT2D eigenvalue weighted by Crippen LogP contribution is 2.32. The molecule has 0 spiro atoms. The summed E-state index contributed by atoms with van der Waals surface area (Å²) in [5, 5.41) is 4.69. The van der Waals surface area contributed by atoms with Gasteiger partial charge in [0.25, 0.3) is 0 Å². The summed E-state index contributed by atoms with van der Waals surface area (Å²) in [5.41, 5.74) is 1.02. The van der Waals surface area contributed by atoms with E-state index in [0.29, 0.717) is 6.61 Å². The SMILES string of the molecule is O=C1N[C@@H]([C@@H](Cl)c2cccc3ccccc23)CO1. The zero-order valence-electron chi connectivity index (χ0n) is 9.60. The summed E-state index contributed by atoms with van der Waals surface area (Å²) >= 11 is 6.46. The Bertz CT molecular complexity index is 594. The van der Waals surface area contributed by atoms with Crippen LogP contribution in [0.5, 0.6) is 0 Å². The summed E-state index contributed by atoms with van der Waals surface area (Å²) in [4.78, 5) is 11.1. The first-order chi connectivity index (χ1) is 8.75. The lowest BCUT2D eigenvalue weighted by atomic mass is 9.99. The molecule has 0 bridgehead atoms. The van der Waals surface area contributed by atoms with Crippen LogP contribution in [0.4, 0.5) is 4.79 Å². The normalized spacial score (nSPS) is 20.5. The smallest absolute Gasteiger partial charge is 0.407 e. The van der Waals surface area contributed by atoms with Crippen molar-refractivity contribution in [3.05, 3.63) is 48.0 Å². The third kappa shape index (κ3) is 1.91. The molecular weight excluding hydrogens is 250 g/mol. The number of benzene rings is 2. The molecule has 3 rings (SSSR count). The first kappa shape index (κ1) is 11.4. The maximum atomic E-state index is 11.1. The van der Waals surface area contributed by atoms with Crippen molar-refractivity contribution in [2.45, 2.75) is 11.4 Å². The van der Waals surface area contributed by atoms with Gasteiger partial charge in [-0.1, -0.05) is 42.5 Å². The van der Waals surface area contributed by atoms with Crippen LogP contribution in [-0.2, 0) is 4.74 Å². The monoisotopic (exact) mass is 261 g/mol. The zero-order chi connectivity index (χ0) is 12.5. The molecular formula is C14H12ClNO2. The van der Waals surface area contributed by atoms with Crippen molar-refractivity contribution in [2.24, 2.45) is 0 Å². The van der Waals surface area contributed by atoms with E-state index in [2.05, 4.69) is 5.32 Å². The minimum absolute atomic E-state index is 0.176. The van der Waals surface area contributed by atoms with Crippen LogP contribution in [0.3, 0.4) is 0 Å². The molecule has 92 valence electrons. The number of amides is 1. The van der Waals surface area contributed by atoms with Crippen molar-refractivity contribution >= 4 is 28.5 Å². The first-order valence-electron chi connectivity index (χ1n) is 5.81. The van der Waals surface area contributed by atoms with Crippen molar-refractivity contribution < 1.29 is 9.53 Å². The minimum Gasteiger partial charge on any atom is -0.447 e. The van der Waals surface area contributed by atoms with E-state index in [0.717, 1.165) is 16.3 Å². The molecule has 1 aliphatic rings. The molecule has 2 aromatic rings. The Morgan fingerprint density at radius 3 is 2.78 bits per heavy atom. The van der Waals surface area contributed by atoms with Crippen LogP contribution in [0.1, 0.15) is 10.9 Å². The van der Waals surface area contributed by atoms with Crippen molar-refractivity contribution in [1.82, 2.24) is 5.32 Å². The number of carbonyl (C=O) groups excluding carboxylic acids is 1. The average molecular weight is 262 g/mol. The van der Waals surface area contributed by atoms with Crippen LogP contribution >= 0.6 is 11.6 Å². The Morgan fingerprint density at radius 2 is 2.00 bits per heavy atom. The molecule has 1 amide bonds. The highest BCUT2D eigenvalue weighted by molar-refractivity contribution is 6.22. The number of nitrogens with one attached hydrogen (secondary N) is 1. The van der Waals surface area contributed by atoms with E-state index in [4.69, 9.17) is 16.3 Å². The number of ether oxygens (including phenoxy) is 1. The van der Waals surface area contributed by atoms with Gasteiger partial charge in [0, 0.05) is 0 Å². The second-order valence-electron chi connectivity index (χ2n) is 4.32. The summed E-state index contributed by atoms with van der Waals surface area (Å²) in [6.07, 6.45) is -0.397. The van der Waals surface area contributed by atoms with Crippen molar-refractivity contribution in [1.29, 1.82) is 0 Å². The van der Waals surface area contributed by atoms with Gasteiger partial charge in [-0.05, 0) is 16.3 Å². The van der Waals surface area contributed by atoms with Crippen LogP contribution in [0.2, 0.25) is 0 Å². The molecule has 18 heavy (non-hydrogen) atoms. The van der Waals surface area contributed by atoms with Crippen LogP contribution < -0.4 is 5.32 Å². The highest BCUT2D eigenvalue weighted by Gasteiger charge is 2.30. The summed E-state index contributed by atoms with van der Waals surface area (Å²) in [6.45, 7) is 0.316. The van der Waals surface area contributed by atoms with Gasteiger partial charge in [0.1, 0.15) is 6.61 Å². The number of hydrogen-bond acceptors (Lipinski definition) is 2. The van der Waals surface area contributed by atoms with E-state index >= 15 is 0 Å². The second-order valence-corrected chi connectivity index (χ2v) is 4.79. The lowest BCUT2D eigenvalue weighted by Crippen LogP contribution is -2.30. The van der Waals surface area contributed by atoms with E-state index in [1.165, 1.54) is 0 Å². The van der Waals surface area contributed by atoms with Crippen molar-refractivity contribution in [3.63, 3.8) is 0 Å². The summed E-state index contributed by atoms with van der Waals surface area (Å²) in [5.74, 6) is 0. The lowest BCUT2D eigenvalue weighted by Gasteiger charge is -2.17. The number of cyclic esters (lactones) is 1. The molecule has 0 aliphatic carbocycles. The summed E-state index contributed by atoms with van der Waals surface area (Å²) in [7, 11) is 0. The number of halogens is 1.